The second kappa shape index (κ2) is 5.54. The normalized spacial score (nSPS) is 21.5. The topological polar surface area (TPSA) is 74.6 Å². The highest BCUT2D eigenvalue weighted by molar-refractivity contribution is 6.42. The minimum Gasteiger partial charge on any atom is -0.480 e. The first-order chi connectivity index (χ1) is 9.76. The molecule has 0 heterocycles. The summed E-state index contributed by atoms with van der Waals surface area (Å²) in [6.07, 6.45) is 2.87. The summed E-state index contributed by atoms with van der Waals surface area (Å²) in [5, 5.41) is 19.4. The van der Waals surface area contributed by atoms with Gasteiger partial charge >= 0.3 is 11.9 Å². The fourth-order valence-corrected chi connectivity index (χ4v) is 2.76. The second-order valence-electron chi connectivity index (χ2n) is 4.95. The lowest BCUT2D eigenvalue weighted by Gasteiger charge is -2.30. The Balaban J connectivity index is 2.63. The Morgan fingerprint density at radius 1 is 1.19 bits per heavy atom. The van der Waals surface area contributed by atoms with E-state index in [1.54, 1.807) is 19.1 Å². The van der Waals surface area contributed by atoms with Crippen molar-refractivity contribution in [2.24, 2.45) is 0 Å². The zero-order valence-corrected chi connectivity index (χ0v) is 12.6. The number of carboxylic acid groups (broad SMARTS) is 2. The standard InChI is InChI=1S/C15H12Cl2O4/c1-8-4-9(13(18)19)7-15(6-8,14(20)21)10-2-3-11(16)12(17)5-10/h2-6H,7H2,1H3,(H,18,19)(H,20,21). The average Bonchev–Trinajstić information content (AvgIpc) is 2.40. The molecule has 1 aromatic rings. The largest absolute Gasteiger partial charge is 0.480 e. The SMILES string of the molecule is CC1=CC(C(=O)O)(c2ccc(Cl)c(Cl)c2)CC(C(=O)O)=C1. The molecule has 4 nitrogen and oxygen atoms in total. The highest BCUT2D eigenvalue weighted by Crippen LogP contribution is 2.40. The summed E-state index contributed by atoms with van der Waals surface area (Å²) < 4.78 is 0. The molecule has 1 aliphatic rings. The molecular weight excluding hydrogens is 315 g/mol. The van der Waals surface area contributed by atoms with E-state index < -0.39 is 17.4 Å². The van der Waals surface area contributed by atoms with E-state index in [1.807, 2.05) is 0 Å². The molecule has 2 rings (SSSR count). The molecule has 110 valence electrons. The quantitative estimate of drug-likeness (QED) is 0.888. The van der Waals surface area contributed by atoms with Crippen molar-refractivity contribution in [3.05, 3.63) is 57.1 Å². The van der Waals surface area contributed by atoms with E-state index in [-0.39, 0.29) is 17.0 Å². The summed E-state index contributed by atoms with van der Waals surface area (Å²) >= 11 is 11.8. The highest BCUT2D eigenvalue weighted by Gasteiger charge is 2.42. The van der Waals surface area contributed by atoms with Gasteiger partial charge < -0.3 is 10.2 Å². The van der Waals surface area contributed by atoms with Crippen LogP contribution in [0.3, 0.4) is 0 Å². The Labute approximate surface area is 131 Å². The third-order valence-corrected chi connectivity index (χ3v) is 4.18. The Morgan fingerprint density at radius 3 is 2.38 bits per heavy atom. The molecule has 21 heavy (non-hydrogen) atoms. The zero-order chi connectivity index (χ0) is 15.8. The van der Waals surface area contributed by atoms with Crippen molar-refractivity contribution in [3.63, 3.8) is 0 Å². The first-order valence-corrected chi connectivity index (χ1v) is 6.84. The summed E-state index contributed by atoms with van der Waals surface area (Å²) in [7, 11) is 0. The number of hydrogen-bond acceptors (Lipinski definition) is 2. The average molecular weight is 327 g/mol. The molecule has 0 aliphatic heterocycles. The van der Waals surface area contributed by atoms with Gasteiger partial charge in [0.25, 0.3) is 0 Å². The van der Waals surface area contributed by atoms with Gasteiger partial charge in [-0.15, -0.1) is 0 Å². The van der Waals surface area contributed by atoms with Crippen molar-refractivity contribution in [2.45, 2.75) is 18.8 Å². The van der Waals surface area contributed by atoms with Gasteiger partial charge in [-0.3, -0.25) is 4.79 Å². The third-order valence-electron chi connectivity index (χ3n) is 3.44. The van der Waals surface area contributed by atoms with Crippen LogP contribution < -0.4 is 0 Å². The van der Waals surface area contributed by atoms with E-state index in [0.717, 1.165) is 0 Å². The molecule has 0 amide bonds. The van der Waals surface area contributed by atoms with E-state index in [0.29, 0.717) is 16.2 Å². The van der Waals surface area contributed by atoms with Crippen molar-refractivity contribution in [3.8, 4) is 0 Å². The first kappa shape index (κ1) is 15.6. The molecule has 0 aromatic heterocycles. The van der Waals surface area contributed by atoms with Crippen LogP contribution in [0.1, 0.15) is 18.9 Å². The predicted molar refractivity (Wildman–Crippen MR) is 79.9 cm³/mol. The smallest absolute Gasteiger partial charge is 0.331 e. The van der Waals surface area contributed by atoms with Crippen molar-refractivity contribution >= 4 is 35.1 Å². The summed E-state index contributed by atoms with van der Waals surface area (Å²) in [5.41, 5.74) is -0.438. The molecule has 1 atom stereocenters. The number of rotatable bonds is 3. The van der Waals surface area contributed by atoms with Crippen molar-refractivity contribution in [2.75, 3.05) is 0 Å². The molecule has 0 radical (unpaired) electrons. The van der Waals surface area contributed by atoms with Crippen LogP contribution in [0.25, 0.3) is 0 Å². The lowest BCUT2D eigenvalue weighted by Crippen LogP contribution is -2.37. The predicted octanol–water partition coefficient (Wildman–Crippen LogP) is 3.68. The van der Waals surface area contributed by atoms with Crippen molar-refractivity contribution < 1.29 is 19.8 Å². The molecule has 0 bridgehead atoms. The number of benzene rings is 1. The Hall–Kier alpha value is -1.78. The Kier molecular flexibility index (Phi) is 4.12. The van der Waals surface area contributed by atoms with Crippen LogP contribution >= 0.6 is 23.2 Å². The van der Waals surface area contributed by atoms with Gasteiger partial charge in [-0.1, -0.05) is 40.9 Å². The van der Waals surface area contributed by atoms with Crippen molar-refractivity contribution in [1.82, 2.24) is 0 Å². The molecule has 2 N–H and O–H groups in total. The maximum Gasteiger partial charge on any atom is 0.331 e. The monoisotopic (exact) mass is 326 g/mol. The summed E-state index contributed by atoms with van der Waals surface area (Å²) in [6, 6.07) is 4.52. The van der Waals surface area contributed by atoms with Crippen LogP contribution in [0.4, 0.5) is 0 Å². The Morgan fingerprint density at radius 2 is 1.86 bits per heavy atom. The summed E-state index contributed by atoms with van der Waals surface area (Å²) in [6.45, 7) is 1.66. The van der Waals surface area contributed by atoms with Gasteiger partial charge in [0.1, 0.15) is 5.41 Å². The van der Waals surface area contributed by atoms with Crippen LogP contribution in [-0.4, -0.2) is 22.2 Å². The number of aliphatic carboxylic acids is 2. The maximum atomic E-state index is 11.8. The van der Waals surface area contributed by atoms with Gasteiger partial charge in [-0.25, -0.2) is 4.79 Å². The number of carboxylic acids is 2. The first-order valence-electron chi connectivity index (χ1n) is 6.08. The van der Waals surface area contributed by atoms with Gasteiger partial charge in [-0.05, 0) is 30.7 Å². The summed E-state index contributed by atoms with van der Waals surface area (Å²) in [5.74, 6) is -2.26. The number of allylic oxidation sites excluding steroid dienone is 2. The van der Waals surface area contributed by atoms with Gasteiger partial charge in [-0.2, -0.15) is 0 Å². The molecule has 1 aromatic carbocycles. The minimum atomic E-state index is -1.46. The second-order valence-corrected chi connectivity index (χ2v) is 5.76. The van der Waals surface area contributed by atoms with E-state index in [2.05, 4.69) is 0 Å². The zero-order valence-electron chi connectivity index (χ0n) is 11.1. The Bertz CT molecular complexity index is 691. The van der Waals surface area contributed by atoms with Crippen LogP contribution in [0.5, 0.6) is 0 Å². The molecule has 1 unspecified atom stereocenters. The summed E-state index contributed by atoms with van der Waals surface area (Å²) in [4.78, 5) is 23.1. The maximum absolute atomic E-state index is 11.8. The third kappa shape index (κ3) is 2.82. The molecule has 0 spiro atoms. The van der Waals surface area contributed by atoms with Crippen LogP contribution in [-0.2, 0) is 15.0 Å². The van der Waals surface area contributed by atoms with Crippen LogP contribution in [0.2, 0.25) is 10.0 Å². The lowest BCUT2D eigenvalue weighted by molar-refractivity contribution is -0.142. The number of carbonyl (C=O) groups is 2. The molecule has 0 fully saturated rings. The minimum absolute atomic E-state index is 0.0449. The van der Waals surface area contributed by atoms with Crippen LogP contribution in [0.15, 0.2) is 41.5 Å². The van der Waals surface area contributed by atoms with Gasteiger partial charge in [0.2, 0.25) is 0 Å². The molecule has 1 aliphatic carbocycles. The fourth-order valence-electron chi connectivity index (χ4n) is 2.46. The lowest BCUT2D eigenvalue weighted by atomic mass is 9.71. The van der Waals surface area contributed by atoms with E-state index in [9.17, 15) is 19.8 Å². The van der Waals surface area contributed by atoms with Gasteiger partial charge in [0, 0.05) is 12.0 Å². The highest BCUT2D eigenvalue weighted by atomic mass is 35.5. The van der Waals surface area contributed by atoms with Gasteiger partial charge in [0.15, 0.2) is 0 Å². The molecule has 0 saturated heterocycles. The molecular formula is C15H12Cl2O4. The van der Waals surface area contributed by atoms with E-state index in [4.69, 9.17) is 23.2 Å². The van der Waals surface area contributed by atoms with Gasteiger partial charge in [0.05, 0.1) is 10.0 Å². The fraction of sp³-hybridized carbons (Fsp3) is 0.200. The van der Waals surface area contributed by atoms with E-state index >= 15 is 0 Å². The molecule has 6 heteroatoms. The number of hydrogen-bond donors (Lipinski definition) is 2. The van der Waals surface area contributed by atoms with Crippen LogP contribution in [0, 0.1) is 0 Å². The molecule has 0 saturated carbocycles. The van der Waals surface area contributed by atoms with E-state index in [1.165, 1.54) is 18.2 Å². The number of halogens is 2. The van der Waals surface area contributed by atoms with Crippen molar-refractivity contribution in [1.29, 1.82) is 0 Å².